The Morgan fingerprint density at radius 1 is 1.18 bits per heavy atom. The van der Waals surface area contributed by atoms with Gasteiger partial charge in [0.1, 0.15) is 0 Å². The number of carbonyl (C=O) groups is 1. The van der Waals surface area contributed by atoms with Crippen molar-refractivity contribution in [3.63, 3.8) is 0 Å². The maximum absolute atomic E-state index is 12.3. The number of nitrogens with one attached hydrogen (secondary N) is 2. The van der Waals surface area contributed by atoms with Crippen molar-refractivity contribution in [3.05, 3.63) is 59.8 Å². The summed E-state index contributed by atoms with van der Waals surface area (Å²) in [6.45, 7) is 4.25. The second-order valence-electron chi connectivity index (χ2n) is 7.08. The molecule has 0 aliphatic carbocycles. The minimum absolute atomic E-state index is 0.0792. The van der Waals surface area contributed by atoms with Gasteiger partial charge in [-0.15, -0.1) is 0 Å². The van der Waals surface area contributed by atoms with Gasteiger partial charge in [0.05, 0.1) is 18.8 Å². The predicted molar refractivity (Wildman–Crippen MR) is 111 cm³/mol. The quantitative estimate of drug-likeness (QED) is 0.751. The van der Waals surface area contributed by atoms with Crippen LogP contribution in [0.2, 0.25) is 0 Å². The Morgan fingerprint density at radius 2 is 1.93 bits per heavy atom. The van der Waals surface area contributed by atoms with Crippen LogP contribution in [-0.2, 0) is 14.3 Å². The molecule has 1 saturated heterocycles. The number of benzene rings is 2. The molecule has 2 heterocycles. The van der Waals surface area contributed by atoms with E-state index in [1.165, 1.54) is 0 Å². The third kappa shape index (κ3) is 3.88. The molecule has 0 bridgehead atoms. The van der Waals surface area contributed by atoms with E-state index in [9.17, 15) is 4.79 Å². The van der Waals surface area contributed by atoms with E-state index in [0.717, 1.165) is 41.2 Å². The molecule has 2 aromatic rings. The number of fused-ring (bicyclic) bond motifs is 1. The molecular formula is C22H25N3O3. The molecule has 28 heavy (non-hydrogen) atoms. The Hall–Kier alpha value is -2.83. The van der Waals surface area contributed by atoms with Gasteiger partial charge in [-0.3, -0.25) is 4.79 Å². The lowest BCUT2D eigenvalue weighted by Gasteiger charge is -2.21. The van der Waals surface area contributed by atoms with Crippen molar-refractivity contribution in [2.45, 2.75) is 19.6 Å². The second-order valence-corrected chi connectivity index (χ2v) is 7.08. The van der Waals surface area contributed by atoms with Gasteiger partial charge in [0, 0.05) is 48.8 Å². The van der Waals surface area contributed by atoms with Crippen LogP contribution in [-0.4, -0.2) is 39.0 Å². The summed E-state index contributed by atoms with van der Waals surface area (Å²) in [5.41, 5.74) is 5.62. The Balaban J connectivity index is 1.40. The van der Waals surface area contributed by atoms with Crippen molar-refractivity contribution in [1.29, 1.82) is 0 Å². The lowest BCUT2D eigenvalue weighted by atomic mass is 10.0. The average molecular weight is 379 g/mol. The van der Waals surface area contributed by atoms with Crippen LogP contribution in [0.4, 0.5) is 17.1 Å². The highest BCUT2D eigenvalue weighted by Gasteiger charge is 2.25. The fourth-order valence-corrected chi connectivity index (χ4v) is 3.54. The molecular weight excluding hydrogens is 354 g/mol. The van der Waals surface area contributed by atoms with Gasteiger partial charge in [-0.2, -0.15) is 0 Å². The van der Waals surface area contributed by atoms with Gasteiger partial charge in [-0.1, -0.05) is 12.1 Å². The minimum atomic E-state index is -0.0843. The van der Waals surface area contributed by atoms with Crippen LogP contribution in [0.15, 0.2) is 48.7 Å². The standard InChI is InChI=1S/C22H25N3O3/c1-15-4-3-5-19-21(15)18(22(26)24-19)14-23-16-6-8-17(9-7-16)25(2)11-10-20-27-12-13-28-20/h3-9,14,20,23H,10-13H2,1-2H3,(H,24,26)/b18-14+. The fraction of sp³-hybridized carbons (Fsp3) is 0.318. The van der Waals surface area contributed by atoms with Crippen molar-refractivity contribution in [2.24, 2.45) is 0 Å². The molecule has 0 spiro atoms. The average Bonchev–Trinajstić information content (AvgIpc) is 3.33. The number of rotatable bonds is 6. The molecule has 4 rings (SSSR count). The lowest BCUT2D eigenvalue weighted by Crippen LogP contribution is -2.23. The zero-order valence-corrected chi connectivity index (χ0v) is 16.2. The lowest BCUT2D eigenvalue weighted by molar-refractivity contribution is -0.110. The Kier molecular flexibility index (Phi) is 5.32. The SMILES string of the molecule is Cc1cccc2c1/C(=C\Nc1ccc(N(C)CCC3OCCO3)cc1)C(=O)N2. The van der Waals surface area contributed by atoms with E-state index in [4.69, 9.17) is 9.47 Å². The van der Waals surface area contributed by atoms with E-state index in [-0.39, 0.29) is 12.2 Å². The third-order valence-corrected chi connectivity index (χ3v) is 5.12. The monoisotopic (exact) mass is 379 g/mol. The smallest absolute Gasteiger partial charge is 0.257 e. The van der Waals surface area contributed by atoms with Crippen LogP contribution in [0, 0.1) is 6.92 Å². The molecule has 0 aromatic heterocycles. The summed E-state index contributed by atoms with van der Waals surface area (Å²) < 4.78 is 11.0. The summed E-state index contributed by atoms with van der Waals surface area (Å²) in [6, 6.07) is 14.0. The highest BCUT2D eigenvalue weighted by atomic mass is 16.7. The molecule has 146 valence electrons. The van der Waals surface area contributed by atoms with Gasteiger partial charge in [0.2, 0.25) is 0 Å². The number of ether oxygens (including phenoxy) is 2. The summed E-state index contributed by atoms with van der Waals surface area (Å²) in [6.07, 6.45) is 2.54. The summed E-state index contributed by atoms with van der Waals surface area (Å²) in [5, 5.41) is 6.16. The van der Waals surface area contributed by atoms with Crippen LogP contribution < -0.4 is 15.5 Å². The van der Waals surface area contributed by atoms with Crippen LogP contribution in [0.25, 0.3) is 5.57 Å². The second kappa shape index (κ2) is 8.04. The van der Waals surface area contributed by atoms with Gasteiger partial charge in [0.15, 0.2) is 6.29 Å². The summed E-state index contributed by atoms with van der Waals surface area (Å²) in [5.74, 6) is -0.0792. The molecule has 2 aliphatic heterocycles. The number of nitrogens with zero attached hydrogens (tertiary/aromatic N) is 1. The molecule has 0 atom stereocenters. The molecule has 2 aliphatic rings. The largest absolute Gasteiger partial charge is 0.374 e. The predicted octanol–water partition coefficient (Wildman–Crippen LogP) is 3.60. The third-order valence-electron chi connectivity index (χ3n) is 5.12. The Labute approximate surface area is 165 Å². The number of anilines is 3. The number of amides is 1. The highest BCUT2D eigenvalue weighted by Crippen LogP contribution is 2.34. The van der Waals surface area contributed by atoms with E-state index < -0.39 is 0 Å². The first-order valence-corrected chi connectivity index (χ1v) is 9.54. The topological polar surface area (TPSA) is 62.8 Å². The van der Waals surface area contributed by atoms with Gasteiger partial charge >= 0.3 is 0 Å². The molecule has 6 nitrogen and oxygen atoms in total. The molecule has 1 fully saturated rings. The first kappa shape index (κ1) is 18.5. The van der Waals surface area contributed by atoms with Crippen molar-refractivity contribution in [3.8, 4) is 0 Å². The van der Waals surface area contributed by atoms with Crippen LogP contribution >= 0.6 is 0 Å². The molecule has 1 amide bonds. The molecule has 0 unspecified atom stereocenters. The maximum Gasteiger partial charge on any atom is 0.257 e. The molecule has 0 radical (unpaired) electrons. The minimum Gasteiger partial charge on any atom is -0.374 e. The van der Waals surface area contributed by atoms with E-state index in [1.54, 1.807) is 6.20 Å². The number of hydrogen-bond acceptors (Lipinski definition) is 5. The van der Waals surface area contributed by atoms with Crippen molar-refractivity contribution in [1.82, 2.24) is 0 Å². The fourth-order valence-electron chi connectivity index (χ4n) is 3.54. The summed E-state index contributed by atoms with van der Waals surface area (Å²) in [4.78, 5) is 14.5. The molecule has 2 aromatic carbocycles. The van der Waals surface area contributed by atoms with E-state index in [0.29, 0.717) is 18.8 Å². The zero-order valence-electron chi connectivity index (χ0n) is 16.2. The highest BCUT2D eigenvalue weighted by molar-refractivity contribution is 6.32. The zero-order chi connectivity index (χ0) is 19.5. The van der Waals surface area contributed by atoms with Crippen LogP contribution in [0.1, 0.15) is 17.5 Å². The number of hydrogen-bond donors (Lipinski definition) is 2. The van der Waals surface area contributed by atoms with Gasteiger partial charge < -0.3 is 25.0 Å². The van der Waals surface area contributed by atoms with Crippen LogP contribution in [0.3, 0.4) is 0 Å². The first-order valence-electron chi connectivity index (χ1n) is 9.54. The number of carbonyl (C=O) groups excluding carboxylic acids is 1. The Morgan fingerprint density at radius 3 is 2.68 bits per heavy atom. The van der Waals surface area contributed by atoms with Gasteiger partial charge in [-0.05, 0) is 42.8 Å². The van der Waals surface area contributed by atoms with Crippen LogP contribution in [0.5, 0.6) is 0 Å². The van der Waals surface area contributed by atoms with Crippen molar-refractivity contribution < 1.29 is 14.3 Å². The molecule has 0 saturated carbocycles. The normalized spacial score (nSPS) is 17.6. The number of aryl methyl sites for hydroxylation is 1. The molecule has 6 heteroatoms. The van der Waals surface area contributed by atoms with E-state index >= 15 is 0 Å². The maximum atomic E-state index is 12.3. The Bertz CT molecular complexity index is 886. The van der Waals surface area contributed by atoms with Gasteiger partial charge in [0.25, 0.3) is 5.91 Å². The summed E-state index contributed by atoms with van der Waals surface area (Å²) in [7, 11) is 2.06. The van der Waals surface area contributed by atoms with E-state index in [2.05, 4.69) is 34.7 Å². The van der Waals surface area contributed by atoms with Gasteiger partial charge in [-0.25, -0.2) is 0 Å². The van der Waals surface area contributed by atoms with Crippen molar-refractivity contribution >= 4 is 28.5 Å². The van der Waals surface area contributed by atoms with Crippen molar-refractivity contribution in [2.75, 3.05) is 42.3 Å². The first-order chi connectivity index (χ1) is 13.6. The summed E-state index contributed by atoms with van der Waals surface area (Å²) >= 11 is 0. The molecule has 2 N–H and O–H groups in total. The van der Waals surface area contributed by atoms with E-state index in [1.807, 2.05) is 37.3 Å².